The molecule has 0 aromatic heterocycles. The van der Waals surface area contributed by atoms with E-state index in [0.717, 1.165) is 5.56 Å². The second-order valence-corrected chi connectivity index (χ2v) is 18.3. The number of carbonyl (C=O) groups is 8. The molecule has 0 spiro atoms. The zero-order valence-electron chi connectivity index (χ0n) is 38.1. The molecule has 2 aromatic rings. The molecule has 6 rings (SSSR count). The van der Waals surface area contributed by atoms with Gasteiger partial charge in [-0.25, -0.2) is 0 Å². The Morgan fingerprint density at radius 3 is 1.71 bits per heavy atom. The van der Waals surface area contributed by atoms with Gasteiger partial charge in [0.15, 0.2) is 0 Å². The van der Waals surface area contributed by atoms with Gasteiger partial charge in [-0.2, -0.15) is 0 Å². The van der Waals surface area contributed by atoms with E-state index in [-0.39, 0.29) is 62.3 Å². The molecule has 6 N–H and O–H groups in total. The fourth-order valence-electron chi connectivity index (χ4n) is 9.40. The Kier molecular flexibility index (Phi) is 16.6. The van der Waals surface area contributed by atoms with Crippen LogP contribution in [0.1, 0.15) is 96.6 Å². The van der Waals surface area contributed by atoms with Crippen molar-refractivity contribution in [2.75, 3.05) is 26.2 Å². The van der Waals surface area contributed by atoms with Crippen molar-refractivity contribution in [1.82, 2.24) is 41.3 Å². The van der Waals surface area contributed by atoms with Crippen molar-refractivity contribution >= 4 is 47.3 Å². The van der Waals surface area contributed by atoms with Gasteiger partial charge in [-0.05, 0) is 80.0 Å². The molecule has 8 atom stereocenters. The summed E-state index contributed by atoms with van der Waals surface area (Å²) in [6.07, 6.45) is 3.75. The van der Waals surface area contributed by atoms with E-state index in [1.165, 1.54) is 21.9 Å². The molecule has 4 heterocycles. The van der Waals surface area contributed by atoms with Gasteiger partial charge in [-0.15, -0.1) is 0 Å². The fourth-order valence-corrected chi connectivity index (χ4v) is 9.40. The maximum absolute atomic E-state index is 14.5. The van der Waals surface area contributed by atoms with Crippen molar-refractivity contribution in [3.8, 4) is 5.75 Å². The highest BCUT2D eigenvalue weighted by atomic mass is 16.3. The molecule has 2 aromatic carbocycles. The molecule has 8 amide bonds. The molecule has 0 radical (unpaired) electrons. The predicted octanol–water partition coefficient (Wildman–Crippen LogP) is 1.70. The van der Waals surface area contributed by atoms with Gasteiger partial charge in [0.05, 0.1) is 0 Å². The number of hydrogen-bond donors (Lipinski definition) is 6. The zero-order valence-corrected chi connectivity index (χ0v) is 38.1. The van der Waals surface area contributed by atoms with Gasteiger partial charge in [-0.1, -0.05) is 76.6 Å². The van der Waals surface area contributed by atoms with Crippen LogP contribution >= 0.6 is 0 Å². The highest BCUT2D eigenvalue weighted by molar-refractivity contribution is 5.98. The number of phenolic OH excluding ortho intramolecular Hbond substituents is 1. The summed E-state index contributed by atoms with van der Waals surface area (Å²) in [7, 11) is 0. The normalized spacial score (nSPS) is 27.6. The van der Waals surface area contributed by atoms with E-state index in [2.05, 4.69) is 26.6 Å². The van der Waals surface area contributed by atoms with Crippen LogP contribution in [0.2, 0.25) is 0 Å². The second kappa shape index (κ2) is 22.3. The molecule has 0 unspecified atom stereocenters. The van der Waals surface area contributed by atoms with E-state index in [9.17, 15) is 43.5 Å². The summed E-state index contributed by atoms with van der Waals surface area (Å²) in [5.41, 5.74) is 1.39. The highest BCUT2D eigenvalue weighted by Gasteiger charge is 2.44. The quantitative estimate of drug-likeness (QED) is 0.238. The van der Waals surface area contributed by atoms with E-state index in [1.807, 2.05) is 44.2 Å². The third kappa shape index (κ3) is 12.0. The summed E-state index contributed by atoms with van der Waals surface area (Å²) >= 11 is 0. The Labute approximate surface area is 381 Å². The Morgan fingerprint density at radius 2 is 1.09 bits per heavy atom. The van der Waals surface area contributed by atoms with Crippen LogP contribution in [0.15, 0.2) is 54.6 Å². The molecule has 17 nitrogen and oxygen atoms in total. The van der Waals surface area contributed by atoms with Gasteiger partial charge in [0.2, 0.25) is 47.3 Å². The Hall–Kier alpha value is -6.00. The molecule has 4 fully saturated rings. The lowest BCUT2D eigenvalue weighted by Gasteiger charge is -2.34. The first kappa shape index (κ1) is 48.5. The van der Waals surface area contributed by atoms with Gasteiger partial charge < -0.3 is 46.4 Å². The smallest absolute Gasteiger partial charge is 0.246 e. The van der Waals surface area contributed by atoms with Crippen molar-refractivity contribution in [2.24, 2.45) is 11.8 Å². The number of phenols is 1. The Bertz CT molecular complexity index is 2050. The molecular formula is C48H66N8O9. The molecule has 0 bridgehead atoms. The lowest BCUT2D eigenvalue weighted by atomic mass is 9.95. The summed E-state index contributed by atoms with van der Waals surface area (Å²) in [4.78, 5) is 118. The minimum Gasteiger partial charge on any atom is -0.508 e. The lowest BCUT2D eigenvalue weighted by molar-refractivity contribution is -0.147. The third-order valence-corrected chi connectivity index (χ3v) is 13.4. The van der Waals surface area contributed by atoms with Crippen molar-refractivity contribution in [2.45, 2.75) is 141 Å². The summed E-state index contributed by atoms with van der Waals surface area (Å²) < 4.78 is 0. The summed E-state index contributed by atoms with van der Waals surface area (Å²) in [6, 6.07) is 8.36. The van der Waals surface area contributed by atoms with Crippen LogP contribution in [0.25, 0.3) is 0 Å². The topological polar surface area (TPSA) is 227 Å². The monoisotopic (exact) mass is 898 g/mol. The average molecular weight is 899 g/mol. The maximum Gasteiger partial charge on any atom is 0.246 e. The van der Waals surface area contributed by atoms with Crippen LogP contribution in [0, 0.1) is 11.8 Å². The third-order valence-electron chi connectivity index (χ3n) is 13.4. The van der Waals surface area contributed by atoms with E-state index in [1.54, 1.807) is 30.9 Å². The minimum atomic E-state index is -1.21. The van der Waals surface area contributed by atoms with Crippen LogP contribution in [-0.2, 0) is 51.2 Å². The first-order chi connectivity index (χ1) is 31.2. The van der Waals surface area contributed by atoms with Gasteiger partial charge in [0.1, 0.15) is 48.0 Å². The molecule has 65 heavy (non-hydrogen) atoms. The largest absolute Gasteiger partial charge is 0.508 e. The number of nitrogens with zero attached hydrogens (tertiary/aromatic N) is 3. The average Bonchev–Trinajstić information content (AvgIpc) is 4.10. The minimum absolute atomic E-state index is 0.00762. The van der Waals surface area contributed by atoms with Crippen molar-refractivity contribution in [3.63, 3.8) is 0 Å². The lowest BCUT2D eigenvalue weighted by Crippen LogP contribution is -2.61. The zero-order chi connectivity index (χ0) is 46.8. The molecule has 0 aliphatic carbocycles. The molecule has 4 aliphatic heterocycles. The van der Waals surface area contributed by atoms with Gasteiger partial charge in [0.25, 0.3) is 0 Å². The second-order valence-electron chi connectivity index (χ2n) is 18.3. The van der Waals surface area contributed by atoms with Crippen LogP contribution in [0.3, 0.4) is 0 Å². The molecular weight excluding hydrogens is 833 g/mol. The van der Waals surface area contributed by atoms with E-state index < -0.39 is 83.7 Å². The number of aromatic hydroxyl groups is 1. The number of benzene rings is 2. The predicted molar refractivity (Wildman–Crippen MR) is 240 cm³/mol. The maximum atomic E-state index is 14.5. The number of amides is 8. The number of nitrogens with one attached hydrogen (secondary N) is 5. The van der Waals surface area contributed by atoms with Crippen molar-refractivity contribution < 1.29 is 43.5 Å². The summed E-state index contributed by atoms with van der Waals surface area (Å²) in [5.74, 6) is -4.57. The van der Waals surface area contributed by atoms with Crippen molar-refractivity contribution in [3.05, 3.63) is 65.7 Å². The number of carbonyl (C=O) groups excluding carboxylic acids is 8. The number of rotatable bonds is 7. The first-order valence-electron chi connectivity index (χ1n) is 23.4. The van der Waals surface area contributed by atoms with E-state index >= 15 is 0 Å². The van der Waals surface area contributed by atoms with Crippen LogP contribution < -0.4 is 26.6 Å². The Morgan fingerprint density at radius 1 is 0.569 bits per heavy atom. The Balaban J connectivity index is 1.32. The van der Waals surface area contributed by atoms with Crippen LogP contribution in [0.4, 0.5) is 0 Å². The molecule has 4 saturated heterocycles. The standard InChI is InChI=1S/C48H66N8O9/c1-5-30(4)41-46(63)52-40(29(2)3)48(65)56-26-11-15-36(56)44(61)51-35(28-32-19-21-33(57)22-20-32)43(60)50-34(27-31-13-7-6-8-14-31)42(59)49-23-9-18-39(58)54-24-12-17-38(54)47(64)55-25-10-16-37(55)45(62)53-41/h6-8,13-14,19-22,29-30,34-38,40-41,57H,5,9-12,15-18,23-28H2,1-4H3,(H,49,59)(H,50,60)(H,51,61)(H,52,63)(H,53,62)/t30-,34-,35-,36-,37-,38-,40-,41-/m0/s1. The molecule has 17 heteroatoms. The molecule has 4 aliphatic rings. The van der Waals surface area contributed by atoms with Gasteiger partial charge in [-0.3, -0.25) is 38.4 Å². The van der Waals surface area contributed by atoms with Crippen molar-refractivity contribution in [1.29, 1.82) is 0 Å². The molecule has 0 saturated carbocycles. The fraction of sp³-hybridized carbons (Fsp3) is 0.583. The first-order valence-corrected chi connectivity index (χ1v) is 23.4. The van der Waals surface area contributed by atoms with Crippen LogP contribution in [-0.4, -0.2) is 136 Å². The highest BCUT2D eigenvalue weighted by Crippen LogP contribution is 2.27. The van der Waals surface area contributed by atoms with E-state index in [0.29, 0.717) is 63.6 Å². The van der Waals surface area contributed by atoms with E-state index in [4.69, 9.17) is 0 Å². The summed E-state index contributed by atoms with van der Waals surface area (Å²) in [5, 5.41) is 24.4. The van der Waals surface area contributed by atoms with Crippen LogP contribution in [0.5, 0.6) is 5.75 Å². The molecule has 352 valence electrons. The summed E-state index contributed by atoms with van der Waals surface area (Å²) in [6.45, 7) is 8.32. The van der Waals surface area contributed by atoms with Gasteiger partial charge in [0, 0.05) is 45.4 Å². The SMILES string of the molecule is CC[C@H](C)[C@@H]1NC(=O)[C@@H]2CCCN2C(=O)[C@@H]2CCCN2C(=O)CCCNC(=O)[C@H](Cc2ccccc2)NC(=O)[C@H](Cc2ccc(O)cc2)NC(=O)[C@@H]2CCCN2C(=O)[C@H](C(C)C)NC1=O. The number of fused-ring (bicyclic) bond motifs is 3. The van der Waals surface area contributed by atoms with Gasteiger partial charge >= 0.3 is 0 Å². The number of hydrogen-bond acceptors (Lipinski definition) is 9.